The van der Waals surface area contributed by atoms with Crippen LogP contribution in [0, 0.1) is 0 Å². The molecule has 1 aliphatic rings. The molecule has 2 N–H and O–H groups in total. The van der Waals surface area contributed by atoms with Crippen LogP contribution in [0.5, 0.6) is 0 Å². The van der Waals surface area contributed by atoms with Crippen LogP contribution in [-0.2, 0) is 6.42 Å². The van der Waals surface area contributed by atoms with E-state index in [1.165, 1.54) is 0 Å². The first-order chi connectivity index (χ1) is 6.57. The zero-order valence-corrected chi connectivity index (χ0v) is 8.60. The highest BCUT2D eigenvalue weighted by molar-refractivity contribution is 6.30. The van der Waals surface area contributed by atoms with Crippen LogP contribution in [0.4, 0.5) is 4.39 Å². The predicted octanol–water partition coefficient (Wildman–Crippen LogP) is 2.71. The Hall–Kier alpha value is -0.600. The van der Waals surface area contributed by atoms with Gasteiger partial charge in [-0.3, -0.25) is 0 Å². The molecule has 1 aromatic rings. The van der Waals surface area contributed by atoms with Crippen molar-refractivity contribution < 1.29 is 4.39 Å². The Bertz CT molecular complexity index is 334. The minimum Gasteiger partial charge on any atom is -0.327 e. The molecule has 0 spiro atoms. The maximum absolute atomic E-state index is 13.9. The van der Waals surface area contributed by atoms with Crippen molar-refractivity contribution in [2.45, 2.75) is 31.0 Å². The molecule has 0 amide bonds. The lowest BCUT2D eigenvalue weighted by Gasteiger charge is -2.39. The molecule has 2 rings (SSSR count). The zero-order valence-electron chi connectivity index (χ0n) is 7.84. The molecular weight excluding hydrogens is 201 g/mol. The van der Waals surface area contributed by atoms with Gasteiger partial charge in [0.15, 0.2) is 0 Å². The summed E-state index contributed by atoms with van der Waals surface area (Å²) < 4.78 is 13.9. The van der Waals surface area contributed by atoms with Crippen LogP contribution >= 0.6 is 11.6 Å². The monoisotopic (exact) mass is 213 g/mol. The summed E-state index contributed by atoms with van der Waals surface area (Å²) in [6.45, 7) is 0. The summed E-state index contributed by atoms with van der Waals surface area (Å²) in [6, 6.07) is 7.39. The molecule has 0 atom stereocenters. The maximum Gasteiger partial charge on any atom is 0.118 e. The lowest BCUT2D eigenvalue weighted by atomic mass is 9.74. The molecule has 0 aromatic heterocycles. The summed E-state index contributed by atoms with van der Waals surface area (Å²) in [5.41, 5.74) is 5.43. The first kappa shape index (κ1) is 9.94. The van der Waals surface area contributed by atoms with Gasteiger partial charge >= 0.3 is 0 Å². The van der Waals surface area contributed by atoms with Crippen LogP contribution in [-0.4, -0.2) is 11.7 Å². The molecular formula is C11H13ClFN. The molecule has 0 bridgehead atoms. The van der Waals surface area contributed by atoms with Crippen molar-refractivity contribution >= 4 is 11.6 Å². The number of halogens is 2. The van der Waals surface area contributed by atoms with Gasteiger partial charge in [0.25, 0.3) is 0 Å². The fourth-order valence-corrected chi connectivity index (χ4v) is 2.25. The molecule has 0 radical (unpaired) electrons. The number of benzene rings is 1. The van der Waals surface area contributed by atoms with E-state index in [1.54, 1.807) is 6.07 Å². The third kappa shape index (κ3) is 2.07. The van der Waals surface area contributed by atoms with Crippen molar-refractivity contribution in [1.29, 1.82) is 0 Å². The Morgan fingerprint density at radius 2 is 2.21 bits per heavy atom. The number of nitrogens with two attached hydrogens (primary N) is 1. The molecule has 1 saturated carbocycles. The van der Waals surface area contributed by atoms with Gasteiger partial charge < -0.3 is 5.73 Å². The molecule has 76 valence electrons. The number of hydrogen-bond donors (Lipinski definition) is 1. The summed E-state index contributed by atoms with van der Waals surface area (Å²) in [5, 5.41) is 0.662. The van der Waals surface area contributed by atoms with Crippen LogP contribution in [0.1, 0.15) is 18.4 Å². The number of rotatable bonds is 2. The first-order valence-corrected chi connectivity index (χ1v) is 5.14. The standard InChI is InChI=1S/C11H13ClFN/c12-9-3-1-2-8(4-9)5-11(13)6-10(14)7-11/h1-4,10H,5-7,14H2. The summed E-state index contributed by atoms with van der Waals surface area (Å²) in [7, 11) is 0. The van der Waals surface area contributed by atoms with Crippen LogP contribution in [0.25, 0.3) is 0 Å². The van der Waals surface area contributed by atoms with E-state index >= 15 is 0 Å². The van der Waals surface area contributed by atoms with Crippen molar-refractivity contribution in [3.8, 4) is 0 Å². The minimum absolute atomic E-state index is 0.0409. The molecule has 0 heterocycles. The second-order valence-electron chi connectivity index (χ2n) is 4.13. The van der Waals surface area contributed by atoms with Crippen LogP contribution < -0.4 is 5.73 Å². The van der Waals surface area contributed by atoms with Gasteiger partial charge in [-0.05, 0) is 30.5 Å². The SMILES string of the molecule is NC1CC(F)(Cc2cccc(Cl)c2)C1. The van der Waals surface area contributed by atoms with Crippen molar-refractivity contribution in [1.82, 2.24) is 0 Å². The first-order valence-electron chi connectivity index (χ1n) is 4.76. The Kier molecular flexibility index (Phi) is 2.50. The fraction of sp³-hybridized carbons (Fsp3) is 0.455. The molecule has 3 heteroatoms. The quantitative estimate of drug-likeness (QED) is 0.803. The van der Waals surface area contributed by atoms with E-state index in [0.717, 1.165) is 5.56 Å². The van der Waals surface area contributed by atoms with E-state index in [2.05, 4.69) is 0 Å². The molecule has 1 nitrogen and oxygen atoms in total. The second kappa shape index (κ2) is 3.52. The Labute approximate surface area is 88.1 Å². The molecule has 1 aliphatic carbocycles. The number of hydrogen-bond acceptors (Lipinski definition) is 1. The third-order valence-corrected chi connectivity index (χ3v) is 2.90. The van der Waals surface area contributed by atoms with Gasteiger partial charge in [0.05, 0.1) is 0 Å². The van der Waals surface area contributed by atoms with Crippen LogP contribution in [0.15, 0.2) is 24.3 Å². The number of alkyl halides is 1. The maximum atomic E-state index is 13.9. The van der Waals surface area contributed by atoms with E-state index in [0.29, 0.717) is 24.3 Å². The lowest BCUT2D eigenvalue weighted by Crippen LogP contribution is -2.49. The van der Waals surface area contributed by atoms with Crippen LogP contribution in [0.3, 0.4) is 0 Å². The lowest BCUT2D eigenvalue weighted by molar-refractivity contribution is 0.0444. The van der Waals surface area contributed by atoms with E-state index in [9.17, 15) is 4.39 Å². The highest BCUT2D eigenvalue weighted by Gasteiger charge is 2.42. The van der Waals surface area contributed by atoms with E-state index in [-0.39, 0.29) is 6.04 Å². The van der Waals surface area contributed by atoms with Crippen molar-refractivity contribution in [2.24, 2.45) is 5.73 Å². The van der Waals surface area contributed by atoms with Crippen LogP contribution in [0.2, 0.25) is 5.02 Å². The van der Waals surface area contributed by atoms with Gasteiger partial charge in [-0.25, -0.2) is 4.39 Å². The summed E-state index contributed by atoms with van der Waals surface area (Å²) in [4.78, 5) is 0. The third-order valence-electron chi connectivity index (χ3n) is 2.67. The van der Waals surface area contributed by atoms with E-state index in [4.69, 9.17) is 17.3 Å². The zero-order chi connectivity index (χ0) is 10.2. The highest BCUT2D eigenvalue weighted by atomic mass is 35.5. The summed E-state index contributed by atoms with van der Waals surface area (Å²) >= 11 is 5.82. The average molecular weight is 214 g/mol. The summed E-state index contributed by atoms with van der Waals surface area (Å²) in [5.74, 6) is 0. The molecule has 1 fully saturated rings. The Morgan fingerprint density at radius 3 is 2.79 bits per heavy atom. The highest BCUT2D eigenvalue weighted by Crippen LogP contribution is 2.38. The van der Waals surface area contributed by atoms with E-state index < -0.39 is 5.67 Å². The minimum atomic E-state index is -1.09. The Balaban J connectivity index is 2.04. The van der Waals surface area contributed by atoms with Crippen molar-refractivity contribution in [3.63, 3.8) is 0 Å². The molecule has 1 aromatic carbocycles. The summed E-state index contributed by atoms with van der Waals surface area (Å²) in [6.07, 6.45) is 1.38. The van der Waals surface area contributed by atoms with Crippen molar-refractivity contribution in [3.05, 3.63) is 34.9 Å². The average Bonchev–Trinajstić information content (AvgIpc) is 2.00. The molecule has 14 heavy (non-hydrogen) atoms. The van der Waals surface area contributed by atoms with Gasteiger partial charge in [0.2, 0.25) is 0 Å². The molecule has 0 aliphatic heterocycles. The Morgan fingerprint density at radius 1 is 1.50 bits per heavy atom. The normalized spacial score (nSPS) is 31.2. The van der Waals surface area contributed by atoms with Gasteiger partial charge in [0.1, 0.15) is 5.67 Å². The predicted molar refractivity (Wildman–Crippen MR) is 56.2 cm³/mol. The molecule has 0 saturated heterocycles. The van der Waals surface area contributed by atoms with Gasteiger partial charge in [0, 0.05) is 17.5 Å². The topological polar surface area (TPSA) is 26.0 Å². The molecule has 0 unspecified atom stereocenters. The fourth-order valence-electron chi connectivity index (χ4n) is 2.04. The second-order valence-corrected chi connectivity index (χ2v) is 4.56. The smallest absolute Gasteiger partial charge is 0.118 e. The largest absolute Gasteiger partial charge is 0.327 e. The van der Waals surface area contributed by atoms with Gasteiger partial charge in [-0.1, -0.05) is 23.7 Å². The van der Waals surface area contributed by atoms with E-state index in [1.807, 2.05) is 18.2 Å². The van der Waals surface area contributed by atoms with Crippen molar-refractivity contribution in [2.75, 3.05) is 0 Å². The van der Waals surface area contributed by atoms with Gasteiger partial charge in [-0.2, -0.15) is 0 Å². The van der Waals surface area contributed by atoms with Gasteiger partial charge in [-0.15, -0.1) is 0 Å².